The Bertz CT molecular complexity index is 529. The van der Waals surface area contributed by atoms with Gasteiger partial charge in [-0.25, -0.2) is 0 Å². The van der Waals surface area contributed by atoms with Gasteiger partial charge in [-0.05, 0) is 37.6 Å². The van der Waals surface area contributed by atoms with E-state index in [2.05, 4.69) is 42.6 Å². The molecule has 0 radical (unpaired) electrons. The maximum absolute atomic E-state index is 6.05. The summed E-state index contributed by atoms with van der Waals surface area (Å²) in [7, 11) is 0. The van der Waals surface area contributed by atoms with Crippen LogP contribution in [0.15, 0.2) is 42.5 Å². The molecule has 0 fully saturated rings. The molecule has 4 heteroatoms. The fourth-order valence-corrected chi connectivity index (χ4v) is 3.64. The van der Waals surface area contributed by atoms with Crippen molar-refractivity contribution in [2.24, 2.45) is 0 Å². The Balaban J connectivity index is 2.19. The molecule has 2 nitrogen and oxygen atoms in total. The lowest BCUT2D eigenvalue weighted by atomic mass is 9.98. The lowest BCUT2D eigenvalue weighted by Gasteiger charge is -2.28. The van der Waals surface area contributed by atoms with E-state index < -0.39 is 0 Å². The molecule has 0 spiro atoms. The summed E-state index contributed by atoms with van der Waals surface area (Å²) in [6.45, 7) is 5.79. The third-order valence-electron chi connectivity index (χ3n) is 3.36. The second-order valence-electron chi connectivity index (χ2n) is 4.86. The Labute approximate surface area is 136 Å². The Hall–Kier alpha value is -0.870. The van der Waals surface area contributed by atoms with Crippen molar-refractivity contribution in [1.29, 1.82) is 0 Å². The summed E-state index contributed by atoms with van der Waals surface area (Å²) in [6, 6.07) is 14.7. The van der Waals surface area contributed by atoms with Crippen molar-refractivity contribution in [2.45, 2.75) is 32.4 Å². The largest absolute Gasteiger partial charge is 0.372 e. The predicted octanol–water partition coefficient (Wildman–Crippen LogP) is 4.70. The molecule has 0 aliphatic heterocycles. The minimum Gasteiger partial charge on any atom is -0.372 e. The molecule has 2 aromatic rings. The number of rotatable bonds is 8. The predicted molar refractivity (Wildman–Crippen MR) is 91.3 cm³/mol. The van der Waals surface area contributed by atoms with E-state index in [1.54, 1.807) is 11.3 Å². The van der Waals surface area contributed by atoms with E-state index in [4.69, 9.17) is 16.3 Å². The van der Waals surface area contributed by atoms with Crippen molar-refractivity contribution in [3.8, 4) is 0 Å². The zero-order valence-electron chi connectivity index (χ0n) is 12.5. The van der Waals surface area contributed by atoms with Crippen LogP contribution in [-0.2, 0) is 11.2 Å². The van der Waals surface area contributed by atoms with Gasteiger partial charge < -0.3 is 10.1 Å². The third-order valence-corrected chi connectivity index (χ3v) is 4.61. The van der Waals surface area contributed by atoms with Crippen molar-refractivity contribution >= 4 is 22.9 Å². The van der Waals surface area contributed by atoms with Crippen molar-refractivity contribution < 1.29 is 4.74 Å². The van der Waals surface area contributed by atoms with Crippen LogP contribution in [0.3, 0.4) is 0 Å². The van der Waals surface area contributed by atoms with Crippen LogP contribution in [0.2, 0.25) is 4.34 Å². The van der Waals surface area contributed by atoms with Gasteiger partial charge in [0.05, 0.1) is 10.4 Å². The quantitative estimate of drug-likeness (QED) is 0.760. The van der Waals surface area contributed by atoms with Crippen LogP contribution in [0, 0.1) is 0 Å². The first-order valence-corrected chi connectivity index (χ1v) is 8.58. The van der Waals surface area contributed by atoms with Gasteiger partial charge in [0.25, 0.3) is 0 Å². The SMILES string of the molecule is CCNC(Cc1ccc(Cl)s1)C(OCC)c1ccccc1. The van der Waals surface area contributed by atoms with Gasteiger partial charge in [-0.2, -0.15) is 0 Å². The molecule has 0 bridgehead atoms. The first-order chi connectivity index (χ1) is 10.2. The molecule has 2 rings (SSSR count). The highest BCUT2D eigenvalue weighted by Gasteiger charge is 2.23. The van der Waals surface area contributed by atoms with Crippen molar-refractivity contribution in [3.63, 3.8) is 0 Å². The maximum atomic E-state index is 6.05. The molecule has 0 saturated heterocycles. The van der Waals surface area contributed by atoms with Gasteiger partial charge in [0.2, 0.25) is 0 Å². The zero-order valence-corrected chi connectivity index (χ0v) is 14.1. The molecule has 114 valence electrons. The van der Waals surface area contributed by atoms with Crippen LogP contribution >= 0.6 is 22.9 Å². The van der Waals surface area contributed by atoms with Crippen LogP contribution in [0.1, 0.15) is 30.4 Å². The standard InChI is InChI=1S/C17H22ClNOS/c1-3-19-15(12-14-10-11-16(18)21-14)17(20-4-2)13-8-6-5-7-9-13/h5-11,15,17,19H,3-4,12H2,1-2H3. The minimum atomic E-state index is 0.0528. The van der Waals surface area contributed by atoms with E-state index in [1.807, 2.05) is 19.1 Å². The highest BCUT2D eigenvalue weighted by Crippen LogP contribution is 2.28. The van der Waals surface area contributed by atoms with Crippen LogP contribution in [0.4, 0.5) is 0 Å². The number of ether oxygens (including phenoxy) is 1. The van der Waals surface area contributed by atoms with Crippen LogP contribution in [0.5, 0.6) is 0 Å². The van der Waals surface area contributed by atoms with Gasteiger partial charge in [-0.15, -0.1) is 11.3 Å². The molecular weight excluding hydrogens is 302 g/mol. The Morgan fingerprint density at radius 2 is 1.90 bits per heavy atom. The fourth-order valence-electron chi connectivity index (χ4n) is 2.49. The smallest absolute Gasteiger partial charge is 0.0981 e. The summed E-state index contributed by atoms with van der Waals surface area (Å²) in [6.07, 6.45) is 0.974. The lowest BCUT2D eigenvalue weighted by molar-refractivity contribution is 0.0338. The average Bonchev–Trinajstić information content (AvgIpc) is 2.90. The summed E-state index contributed by atoms with van der Waals surface area (Å²) >= 11 is 7.69. The second kappa shape index (κ2) is 8.54. The first kappa shape index (κ1) is 16.5. The number of hydrogen-bond acceptors (Lipinski definition) is 3. The van der Waals surface area contributed by atoms with E-state index in [9.17, 15) is 0 Å². The average molecular weight is 324 g/mol. The Morgan fingerprint density at radius 1 is 1.14 bits per heavy atom. The Kier molecular flexibility index (Phi) is 6.71. The normalized spacial score (nSPS) is 14.0. The van der Waals surface area contributed by atoms with E-state index in [0.29, 0.717) is 6.61 Å². The minimum absolute atomic E-state index is 0.0528. The number of hydrogen-bond donors (Lipinski definition) is 1. The van der Waals surface area contributed by atoms with Crippen LogP contribution < -0.4 is 5.32 Å². The molecule has 0 aliphatic carbocycles. The van der Waals surface area contributed by atoms with Crippen molar-refractivity contribution in [1.82, 2.24) is 5.32 Å². The number of halogens is 1. The van der Waals surface area contributed by atoms with Crippen LogP contribution in [0.25, 0.3) is 0 Å². The fraction of sp³-hybridized carbons (Fsp3) is 0.412. The number of likely N-dealkylation sites (N-methyl/N-ethyl adjacent to an activating group) is 1. The molecule has 1 aromatic heterocycles. The summed E-state index contributed by atoms with van der Waals surface area (Å²) in [5.74, 6) is 0. The van der Waals surface area contributed by atoms with Gasteiger partial charge in [0.15, 0.2) is 0 Å². The number of nitrogens with one attached hydrogen (secondary N) is 1. The summed E-state index contributed by atoms with van der Waals surface area (Å²) < 4.78 is 6.87. The summed E-state index contributed by atoms with van der Waals surface area (Å²) in [4.78, 5) is 1.28. The number of thiophene rings is 1. The van der Waals surface area contributed by atoms with Gasteiger partial charge in [-0.1, -0.05) is 48.9 Å². The monoisotopic (exact) mass is 323 g/mol. The van der Waals surface area contributed by atoms with Gasteiger partial charge in [0, 0.05) is 17.5 Å². The molecule has 1 heterocycles. The second-order valence-corrected chi connectivity index (χ2v) is 6.66. The zero-order chi connectivity index (χ0) is 15.1. The molecule has 0 aliphatic rings. The molecule has 1 N–H and O–H groups in total. The Morgan fingerprint density at radius 3 is 2.48 bits per heavy atom. The van der Waals surface area contributed by atoms with Gasteiger partial charge >= 0.3 is 0 Å². The number of benzene rings is 1. The van der Waals surface area contributed by atoms with Crippen molar-refractivity contribution in [3.05, 3.63) is 57.2 Å². The van der Waals surface area contributed by atoms with Crippen molar-refractivity contribution in [2.75, 3.05) is 13.2 Å². The van der Waals surface area contributed by atoms with E-state index in [0.717, 1.165) is 17.3 Å². The van der Waals surface area contributed by atoms with E-state index >= 15 is 0 Å². The highest BCUT2D eigenvalue weighted by molar-refractivity contribution is 7.16. The van der Waals surface area contributed by atoms with E-state index in [1.165, 1.54) is 10.4 Å². The first-order valence-electron chi connectivity index (χ1n) is 7.38. The van der Waals surface area contributed by atoms with Gasteiger partial charge in [0.1, 0.15) is 0 Å². The third kappa shape index (κ3) is 4.82. The molecule has 0 saturated carbocycles. The molecule has 21 heavy (non-hydrogen) atoms. The maximum Gasteiger partial charge on any atom is 0.0981 e. The summed E-state index contributed by atoms with van der Waals surface area (Å²) in [5.41, 5.74) is 1.22. The molecular formula is C17H22ClNOS. The summed E-state index contributed by atoms with van der Waals surface area (Å²) in [5, 5.41) is 3.56. The lowest BCUT2D eigenvalue weighted by Crippen LogP contribution is -2.37. The van der Waals surface area contributed by atoms with E-state index in [-0.39, 0.29) is 12.1 Å². The topological polar surface area (TPSA) is 21.3 Å². The molecule has 2 atom stereocenters. The molecule has 0 amide bonds. The molecule has 1 aromatic carbocycles. The highest BCUT2D eigenvalue weighted by atomic mass is 35.5. The van der Waals surface area contributed by atoms with Crippen LogP contribution in [-0.4, -0.2) is 19.2 Å². The van der Waals surface area contributed by atoms with Gasteiger partial charge in [-0.3, -0.25) is 0 Å². The molecule has 2 unspecified atom stereocenters.